The number of nitrogens with zero attached hydrogens (tertiary/aromatic N) is 2. The highest BCUT2D eigenvalue weighted by Crippen LogP contribution is 2.48. The maximum absolute atomic E-state index is 14.1. The summed E-state index contributed by atoms with van der Waals surface area (Å²) in [4.78, 5) is 40.3. The molecule has 0 aliphatic carbocycles. The second-order valence-corrected chi connectivity index (χ2v) is 8.64. The van der Waals surface area contributed by atoms with E-state index in [1.807, 2.05) is 6.92 Å². The summed E-state index contributed by atoms with van der Waals surface area (Å²) in [6.07, 6.45) is 2.64. The minimum atomic E-state index is -0.952. The second-order valence-electron chi connectivity index (χ2n) is 8.23. The number of benzene rings is 1. The Morgan fingerprint density at radius 3 is 2.72 bits per heavy atom. The molecule has 2 fully saturated rings. The monoisotopic (exact) mass is 461 g/mol. The van der Waals surface area contributed by atoms with E-state index in [1.54, 1.807) is 11.0 Å². The van der Waals surface area contributed by atoms with Gasteiger partial charge in [-0.25, -0.2) is 4.39 Å². The molecule has 4 heterocycles. The third-order valence-corrected chi connectivity index (χ3v) is 6.90. The van der Waals surface area contributed by atoms with Crippen molar-refractivity contribution in [3.05, 3.63) is 62.3 Å². The number of carbonyl (C=O) groups is 2. The molecule has 0 unspecified atom stereocenters. The number of ether oxygens (including phenoxy) is 1. The first-order valence-electron chi connectivity index (χ1n) is 10.5. The van der Waals surface area contributed by atoms with Crippen molar-refractivity contribution in [2.24, 2.45) is 0 Å². The lowest BCUT2D eigenvalue weighted by molar-refractivity contribution is 0.0443. The van der Waals surface area contributed by atoms with E-state index >= 15 is 0 Å². The normalized spacial score (nSPS) is 25.6. The van der Waals surface area contributed by atoms with Gasteiger partial charge >= 0.3 is 0 Å². The zero-order valence-electron chi connectivity index (χ0n) is 17.2. The fourth-order valence-corrected chi connectivity index (χ4v) is 5.36. The number of aromatic hydroxyl groups is 1. The average Bonchev–Trinajstić information content (AvgIpc) is 3.39. The molecule has 2 saturated heterocycles. The summed E-state index contributed by atoms with van der Waals surface area (Å²) in [7, 11) is 0. The van der Waals surface area contributed by atoms with E-state index in [0.717, 1.165) is 12.8 Å². The molecule has 2 aromatic rings. The van der Waals surface area contributed by atoms with Crippen LogP contribution >= 0.6 is 11.6 Å². The summed E-state index contributed by atoms with van der Waals surface area (Å²) >= 11 is 5.77. The molecular formula is C22H21ClFN3O5. The molecule has 1 aromatic carbocycles. The first kappa shape index (κ1) is 21.0. The molecule has 1 aromatic heterocycles. The lowest BCUT2D eigenvalue weighted by Crippen LogP contribution is -2.55. The van der Waals surface area contributed by atoms with Gasteiger partial charge < -0.3 is 24.6 Å². The Morgan fingerprint density at radius 1 is 1.28 bits per heavy atom. The van der Waals surface area contributed by atoms with Gasteiger partial charge in [-0.2, -0.15) is 0 Å². The number of rotatable bonds is 4. The SMILES string of the molecule is CCN1C(=O)c2c(O)c(=O)c(C(=O)NCc3cccc(Cl)c3F)cn2[C@H]2[C@@H]1[C@@H]1CC[C@H]2O1. The highest BCUT2D eigenvalue weighted by atomic mass is 35.5. The Balaban J connectivity index is 1.52. The minimum Gasteiger partial charge on any atom is -0.503 e. The van der Waals surface area contributed by atoms with Crippen molar-refractivity contribution in [2.45, 2.75) is 50.6 Å². The van der Waals surface area contributed by atoms with Gasteiger partial charge in [-0.1, -0.05) is 23.7 Å². The Bertz CT molecular complexity index is 1200. The van der Waals surface area contributed by atoms with Gasteiger partial charge in [0.1, 0.15) is 11.4 Å². The first-order valence-corrected chi connectivity index (χ1v) is 10.9. The number of hydrogen-bond acceptors (Lipinski definition) is 5. The molecular weight excluding hydrogens is 441 g/mol. The number of pyridine rings is 1. The van der Waals surface area contributed by atoms with Crippen LogP contribution in [0.4, 0.5) is 4.39 Å². The fraction of sp³-hybridized carbons (Fsp3) is 0.409. The lowest BCUT2D eigenvalue weighted by Gasteiger charge is -2.43. The molecule has 3 aliphatic rings. The molecule has 2 bridgehead atoms. The van der Waals surface area contributed by atoms with Crippen LogP contribution in [0.1, 0.15) is 52.2 Å². The van der Waals surface area contributed by atoms with Gasteiger partial charge in [-0.3, -0.25) is 14.4 Å². The zero-order valence-corrected chi connectivity index (χ0v) is 17.9. The molecule has 4 atom stereocenters. The number of amides is 2. The summed E-state index contributed by atoms with van der Waals surface area (Å²) < 4.78 is 21.7. The van der Waals surface area contributed by atoms with Gasteiger partial charge in [0.05, 0.1) is 29.3 Å². The van der Waals surface area contributed by atoms with Gasteiger partial charge in [-0.05, 0) is 25.8 Å². The second kappa shape index (κ2) is 7.60. The molecule has 3 aliphatic heterocycles. The molecule has 5 rings (SSSR count). The first-order chi connectivity index (χ1) is 15.3. The smallest absolute Gasteiger partial charge is 0.274 e. The summed E-state index contributed by atoms with van der Waals surface area (Å²) in [5.41, 5.74) is -1.25. The van der Waals surface area contributed by atoms with Gasteiger partial charge in [-0.15, -0.1) is 0 Å². The summed E-state index contributed by atoms with van der Waals surface area (Å²) in [5, 5.41) is 13.0. The van der Waals surface area contributed by atoms with Crippen LogP contribution in [0, 0.1) is 5.82 Å². The van der Waals surface area contributed by atoms with Crippen molar-refractivity contribution >= 4 is 23.4 Å². The van der Waals surface area contributed by atoms with Crippen LogP contribution in [0.2, 0.25) is 5.02 Å². The topological polar surface area (TPSA) is 101 Å². The van der Waals surface area contributed by atoms with E-state index in [2.05, 4.69) is 5.32 Å². The van der Waals surface area contributed by atoms with Crippen molar-refractivity contribution in [3.63, 3.8) is 0 Å². The van der Waals surface area contributed by atoms with Crippen LogP contribution < -0.4 is 10.7 Å². The van der Waals surface area contributed by atoms with Crippen molar-refractivity contribution < 1.29 is 23.8 Å². The van der Waals surface area contributed by atoms with E-state index in [9.17, 15) is 23.9 Å². The maximum Gasteiger partial charge on any atom is 0.274 e. The third kappa shape index (κ3) is 2.95. The van der Waals surface area contributed by atoms with Crippen molar-refractivity contribution in [1.29, 1.82) is 0 Å². The predicted octanol–water partition coefficient (Wildman–Crippen LogP) is 2.22. The predicted molar refractivity (Wildman–Crippen MR) is 112 cm³/mol. The number of fused-ring (bicyclic) bond motifs is 7. The molecule has 10 heteroatoms. The van der Waals surface area contributed by atoms with Gasteiger partial charge in [0.15, 0.2) is 11.4 Å². The number of carbonyl (C=O) groups excluding carboxylic acids is 2. The quantitative estimate of drug-likeness (QED) is 0.727. The molecule has 8 nitrogen and oxygen atoms in total. The van der Waals surface area contributed by atoms with Crippen LogP contribution in [-0.4, -0.2) is 51.2 Å². The lowest BCUT2D eigenvalue weighted by atomic mass is 9.86. The molecule has 168 valence electrons. The van der Waals surface area contributed by atoms with Crippen molar-refractivity contribution in [1.82, 2.24) is 14.8 Å². The maximum atomic E-state index is 14.1. The van der Waals surface area contributed by atoms with E-state index in [1.165, 1.54) is 22.9 Å². The largest absolute Gasteiger partial charge is 0.503 e. The van der Waals surface area contributed by atoms with E-state index in [0.29, 0.717) is 6.54 Å². The number of nitrogens with one attached hydrogen (secondary N) is 1. The Morgan fingerprint density at radius 2 is 2.00 bits per heavy atom. The van der Waals surface area contributed by atoms with Gasteiger partial charge in [0.2, 0.25) is 5.43 Å². The zero-order chi connectivity index (χ0) is 22.7. The minimum absolute atomic E-state index is 0.0791. The highest BCUT2D eigenvalue weighted by molar-refractivity contribution is 6.30. The van der Waals surface area contributed by atoms with Crippen molar-refractivity contribution in [2.75, 3.05) is 6.54 Å². The molecule has 0 saturated carbocycles. The standard InChI is InChI=1S/C22H21ClFN3O5/c1-2-26-16-13-6-7-14(32-13)17(16)27-9-11(19(28)20(29)18(27)22(26)31)21(30)25-8-10-4-3-5-12(23)15(10)24/h3-5,9,13-14,16-17,29H,2,6-8H2,1H3,(H,25,30)/t13-,14+,16-,17+/m0/s1. The summed E-state index contributed by atoms with van der Waals surface area (Å²) in [5.74, 6) is -2.68. The van der Waals surface area contributed by atoms with Gasteiger partial charge in [0, 0.05) is 24.8 Å². The summed E-state index contributed by atoms with van der Waals surface area (Å²) in [6.45, 7) is 2.05. The molecule has 0 radical (unpaired) electrons. The Labute approximate surface area is 187 Å². The molecule has 0 spiro atoms. The summed E-state index contributed by atoms with van der Waals surface area (Å²) in [6, 6.07) is 3.88. The van der Waals surface area contributed by atoms with E-state index < -0.39 is 28.8 Å². The van der Waals surface area contributed by atoms with E-state index in [-0.39, 0.29) is 52.7 Å². The number of halogens is 2. The number of hydrogen-bond donors (Lipinski definition) is 2. The Hall–Kier alpha value is -2.91. The van der Waals surface area contributed by atoms with Crippen molar-refractivity contribution in [3.8, 4) is 5.75 Å². The van der Waals surface area contributed by atoms with Crippen LogP contribution in [0.15, 0.2) is 29.2 Å². The number of aromatic nitrogens is 1. The van der Waals surface area contributed by atoms with Crippen LogP contribution in [0.3, 0.4) is 0 Å². The number of likely N-dealkylation sites (N-methyl/N-ethyl adjacent to an activating group) is 1. The van der Waals surface area contributed by atoms with Crippen LogP contribution in [0.5, 0.6) is 5.75 Å². The molecule has 2 amide bonds. The fourth-order valence-electron chi connectivity index (χ4n) is 5.17. The Kier molecular flexibility index (Phi) is 4.98. The third-order valence-electron chi connectivity index (χ3n) is 6.61. The molecule has 2 N–H and O–H groups in total. The average molecular weight is 462 g/mol. The van der Waals surface area contributed by atoms with Gasteiger partial charge in [0.25, 0.3) is 11.8 Å². The molecule has 32 heavy (non-hydrogen) atoms. The van der Waals surface area contributed by atoms with E-state index in [4.69, 9.17) is 16.3 Å². The van der Waals surface area contributed by atoms with Crippen LogP contribution in [-0.2, 0) is 11.3 Å². The van der Waals surface area contributed by atoms with Crippen LogP contribution in [0.25, 0.3) is 0 Å². The highest BCUT2D eigenvalue weighted by Gasteiger charge is 2.56.